The molecule has 17 heavy (non-hydrogen) atoms. The first-order valence-electron chi connectivity index (χ1n) is 4.81. The van der Waals surface area contributed by atoms with Crippen molar-refractivity contribution in [3.05, 3.63) is 29.6 Å². The lowest BCUT2D eigenvalue weighted by atomic mass is 10.2. The van der Waals surface area contributed by atoms with Gasteiger partial charge in [0, 0.05) is 19.3 Å². The first-order valence-corrected chi connectivity index (χ1v) is 4.81. The molecule has 0 radical (unpaired) electrons. The molecule has 0 saturated heterocycles. The molecule has 0 aliphatic carbocycles. The minimum absolute atomic E-state index is 0.127. The summed E-state index contributed by atoms with van der Waals surface area (Å²) in [5.74, 6) is -0.733. The molecule has 0 aliphatic heterocycles. The van der Waals surface area contributed by atoms with Crippen LogP contribution in [0.15, 0.2) is 18.2 Å². The minimum Gasteiger partial charge on any atom is -0.374 e. The zero-order chi connectivity index (χ0) is 13.1. The molecule has 0 spiro atoms. The van der Waals surface area contributed by atoms with E-state index in [1.54, 1.807) is 6.07 Å². The van der Waals surface area contributed by atoms with E-state index < -0.39 is 18.4 Å². The highest BCUT2D eigenvalue weighted by Crippen LogP contribution is 2.22. The van der Waals surface area contributed by atoms with E-state index in [4.69, 9.17) is 5.26 Å². The minimum atomic E-state index is -4.24. The molecular formula is C11H10F4N2. The van der Waals surface area contributed by atoms with E-state index in [1.807, 2.05) is 0 Å². The number of halogens is 4. The lowest BCUT2D eigenvalue weighted by molar-refractivity contribution is -0.132. The van der Waals surface area contributed by atoms with Crippen LogP contribution in [0.2, 0.25) is 0 Å². The van der Waals surface area contributed by atoms with Crippen LogP contribution >= 0.6 is 0 Å². The Morgan fingerprint density at radius 3 is 2.47 bits per heavy atom. The van der Waals surface area contributed by atoms with Gasteiger partial charge in [-0.2, -0.15) is 18.4 Å². The zero-order valence-electron chi connectivity index (χ0n) is 9.05. The molecule has 0 N–H and O–H groups in total. The molecule has 0 bridgehead atoms. The smallest absolute Gasteiger partial charge is 0.374 e. The van der Waals surface area contributed by atoms with E-state index in [0.29, 0.717) is 5.69 Å². The van der Waals surface area contributed by atoms with Gasteiger partial charge < -0.3 is 4.90 Å². The first kappa shape index (κ1) is 13.3. The van der Waals surface area contributed by atoms with E-state index >= 15 is 0 Å². The van der Waals surface area contributed by atoms with E-state index in [9.17, 15) is 17.6 Å². The fourth-order valence-electron chi connectivity index (χ4n) is 1.26. The second-order valence-electron chi connectivity index (χ2n) is 3.56. The summed E-state index contributed by atoms with van der Waals surface area (Å²) >= 11 is 0. The molecule has 0 aromatic heterocycles. The summed E-state index contributed by atoms with van der Waals surface area (Å²) in [5.41, 5.74) is 0.184. The van der Waals surface area contributed by atoms with Gasteiger partial charge in [0.2, 0.25) is 0 Å². The van der Waals surface area contributed by atoms with Crippen LogP contribution in [-0.4, -0.2) is 19.8 Å². The van der Waals surface area contributed by atoms with Crippen LogP contribution in [0.3, 0.4) is 0 Å². The van der Waals surface area contributed by atoms with Crippen molar-refractivity contribution >= 4 is 5.69 Å². The maximum absolute atomic E-state index is 13.2. The van der Waals surface area contributed by atoms with Gasteiger partial charge in [-0.05, 0) is 18.2 Å². The second kappa shape index (κ2) is 5.04. The number of rotatable bonds is 3. The van der Waals surface area contributed by atoms with Crippen molar-refractivity contribution in [3.63, 3.8) is 0 Å². The van der Waals surface area contributed by atoms with Crippen molar-refractivity contribution in [3.8, 4) is 6.07 Å². The van der Waals surface area contributed by atoms with Crippen molar-refractivity contribution in [2.24, 2.45) is 0 Å². The largest absolute Gasteiger partial charge is 0.390 e. The monoisotopic (exact) mass is 246 g/mol. The van der Waals surface area contributed by atoms with E-state index in [0.717, 1.165) is 6.07 Å². The van der Waals surface area contributed by atoms with Crippen molar-refractivity contribution in [2.45, 2.75) is 12.6 Å². The molecule has 0 fully saturated rings. The molecule has 0 aliphatic rings. The summed E-state index contributed by atoms with van der Waals surface area (Å²) in [7, 11) is 1.44. The number of hydrogen-bond acceptors (Lipinski definition) is 2. The van der Waals surface area contributed by atoms with Gasteiger partial charge in [-0.25, -0.2) is 4.39 Å². The molecule has 0 amide bonds. The summed E-state index contributed by atoms with van der Waals surface area (Å²) in [6, 6.07) is 5.35. The standard InChI is InChI=1S/C11H10F4N2/c1-17(5-4-11(13,14)15)9-3-2-8(7-16)10(12)6-9/h2-3,6H,4-5H2,1H3. The Labute approximate surface area is 96.1 Å². The molecular weight excluding hydrogens is 236 g/mol. The van der Waals surface area contributed by atoms with Gasteiger partial charge in [-0.1, -0.05) is 0 Å². The van der Waals surface area contributed by atoms with Gasteiger partial charge >= 0.3 is 6.18 Å². The maximum atomic E-state index is 13.2. The number of nitrogens with zero attached hydrogens (tertiary/aromatic N) is 2. The van der Waals surface area contributed by atoms with Gasteiger partial charge in [0.15, 0.2) is 0 Å². The predicted molar refractivity (Wildman–Crippen MR) is 55.1 cm³/mol. The average molecular weight is 246 g/mol. The van der Waals surface area contributed by atoms with Crippen LogP contribution in [0, 0.1) is 17.1 Å². The molecule has 0 heterocycles. The quantitative estimate of drug-likeness (QED) is 0.766. The fraction of sp³-hybridized carbons (Fsp3) is 0.364. The number of benzene rings is 1. The zero-order valence-corrected chi connectivity index (χ0v) is 9.05. The van der Waals surface area contributed by atoms with Crippen LogP contribution < -0.4 is 4.90 Å². The van der Waals surface area contributed by atoms with Crippen LogP contribution in [0.25, 0.3) is 0 Å². The molecule has 0 unspecified atom stereocenters. The highest BCUT2D eigenvalue weighted by Gasteiger charge is 2.27. The van der Waals surface area contributed by atoms with Gasteiger partial charge in [0.05, 0.1) is 12.0 Å². The van der Waals surface area contributed by atoms with Crippen molar-refractivity contribution < 1.29 is 17.6 Å². The summed E-state index contributed by atoms with van der Waals surface area (Å²) in [5, 5.41) is 8.51. The van der Waals surface area contributed by atoms with Crippen molar-refractivity contribution in [1.29, 1.82) is 5.26 Å². The number of anilines is 1. The SMILES string of the molecule is CN(CCC(F)(F)F)c1ccc(C#N)c(F)c1. The molecule has 0 atom stereocenters. The summed E-state index contributed by atoms with van der Waals surface area (Å²) < 4.78 is 49.2. The summed E-state index contributed by atoms with van der Waals surface area (Å²) in [6.45, 7) is -0.255. The van der Waals surface area contributed by atoms with E-state index in [2.05, 4.69) is 0 Å². The van der Waals surface area contributed by atoms with Crippen molar-refractivity contribution in [1.82, 2.24) is 0 Å². The summed E-state index contributed by atoms with van der Waals surface area (Å²) in [6.07, 6.45) is -5.20. The normalized spacial score (nSPS) is 11.1. The van der Waals surface area contributed by atoms with Gasteiger partial charge in [0.1, 0.15) is 11.9 Å². The Hall–Kier alpha value is -1.77. The molecule has 6 heteroatoms. The summed E-state index contributed by atoms with van der Waals surface area (Å²) in [4.78, 5) is 1.29. The lowest BCUT2D eigenvalue weighted by Crippen LogP contribution is -2.24. The Kier molecular flexibility index (Phi) is 3.94. The first-order chi connectivity index (χ1) is 7.83. The highest BCUT2D eigenvalue weighted by molar-refractivity contribution is 5.49. The Balaban J connectivity index is 2.74. The lowest BCUT2D eigenvalue weighted by Gasteiger charge is -2.20. The Morgan fingerprint density at radius 1 is 1.35 bits per heavy atom. The van der Waals surface area contributed by atoms with Gasteiger partial charge in [-0.3, -0.25) is 0 Å². The van der Waals surface area contributed by atoms with Crippen molar-refractivity contribution in [2.75, 3.05) is 18.5 Å². The molecule has 1 rings (SSSR count). The highest BCUT2D eigenvalue weighted by atomic mass is 19.4. The third-order valence-corrected chi connectivity index (χ3v) is 2.24. The predicted octanol–water partition coefficient (Wildman–Crippen LogP) is 3.09. The molecule has 92 valence electrons. The van der Waals surface area contributed by atoms with E-state index in [-0.39, 0.29) is 12.1 Å². The average Bonchev–Trinajstić information content (AvgIpc) is 2.24. The Bertz CT molecular complexity index is 434. The van der Waals surface area contributed by atoms with Crippen LogP contribution in [0.4, 0.5) is 23.2 Å². The molecule has 1 aromatic rings. The van der Waals surface area contributed by atoms with Crippen LogP contribution in [0.1, 0.15) is 12.0 Å². The topological polar surface area (TPSA) is 27.0 Å². The third-order valence-electron chi connectivity index (χ3n) is 2.24. The van der Waals surface area contributed by atoms with Gasteiger partial charge in [-0.15, -0.1) is 0 Å². The maximum Gasteiger partial charge on any atom is 0.390 e. The van der Waals surface area contributed by atoms with Crippen LogP contribution in [-0.2, 0) is 0 Å². The van der Waals surface area contributed by atoms with Crippen LogP contribution in [0.5, 0.6) is 0 Å². The fourth-order valence-corrected chi connectivity index (χ4v) is 1.26. The molecule has 2 nitrogen and oxygen atoms in total. The third kappa shape index (κ3) is 3.94. The molecule has 1 aromatic carbocycles. The van der Waals surface area contributed by atoms with Gasteiger partial charge in [0.25, 0.3) is 0 Å². The second-order valence-corrected chi connectivity index (χ2v) is 3.56. The van der Waals surface area contributed by atoms with E-state index in [1.165, 1.54) is 24.1 Å². The number of alkyl halides is 3. The Morgan fingerprint density at radius 2 is 2.00 bits per heavy atom. The number of nitriles is 1. The molecule has 0 saturated carbocycles. The number of hydrogen-bond donors (Lipinski definition) is 0.